The molecule has 1 unspecified atom stereocenters. The van der Waals surface area contributed by atoms with Crippen LogP contribution < -0.4 is 0 Å². The van der Waals surface area contributed by atoms with Crippen LogP contribution >= 0.6 is 0 Å². The number of aromatic nitrogens is 1. The average molecular weight is 350 g/mol. The molecule has 1 heteroatoms. The summed E-state index contributed by atoms with van der Waals surface area (Å²) in [6, 6.07) is 17.0. The Balaban J connectivity index is 2.74. The van der Waals surface area contributed by atoms with Gasteiger partial charge in [-0.05, 0) is 34.1 Å². The Morgan fingerprint density at radius 1 is 0.769 bits per heavy atom. The van der Waals surface area contributed by atoms with E-state index in [-0.39, 0.29) is 21.7 Å². The fourth-order valence-corrected chi connectivity index (χ4v) is 4.19. The van der Waals surface area contributed by atoms with Crippen molar-refractivity contribution in [2.45, 2.75) is 60.8 Å². The van der Waals surface area contributed by atoms with Gasteiger partial charge in [-0.25, -0.2) is 0 Å². The summed E-state index contributed by atoms with van der Waals surface area (Å²) in [6.07, 6.45) is 1.85. The molecule has 0 saturated carbocycles. The minimum Gasteiger partial charge on any atom is -0.257 e. The maximum atomic E-state index is 4.60. The third-order valence-electron chi connectivity index (χ3n) is 7.45. The highest BCUT2D eigenvalue weighted by molar-refractivity contribution is 5.67. The second-order valence-corrected chi connectivity index (χ2v) is 9.68. The van der Waals surface area contributed by atoms with Crippen LogP contribution in [0.4, 0.5) is 0 Å². The van der Waals surface area contributed by atoms with Gasteiger partial charge in [-0.2, -0.15) is 0 Å². The van der Waals surface area contributed by atoms with Crippen molar-refractivity contribution < 1.29 is 0 Å². The van der Waals surface area contributed by atoms with Gasteiger partial charge < -0.3 is 0 Å². The van der Waals surface area contributed by atoms with E-state index in [9.17, 15) is 0 Å². The van der Waals surface area contributed by atoms with E-state index >= 15 is 0 Å². The average Bonchev–Trinajstić information content (AvgIpc) is 2.60. The lowest BCUT2D eigenvalue weighted by Crippen LogP contribution is -2.56. The molecular formula is C25H35N. The minimum atomic E-state index is -0.195. The molecule has 0 aliphatic rings. The standard InChI is InChI=1S/C25H35N/c1-19(21-17-13-14-18-26-21)23(5,6)25(9,20-15-11-10-12-16-20)24(7,8)22(2,3)4/h10-18H,1H2,2-9H3. The van der Waals surface area contributed by atoms with Crippen molar-refractivity contribution >= 4 is 5.57 Å². The van der Waals surface area contributed by atoms with Crippen molar-refractivity contribution in [3.63, 3.8) is 0 Å². The van der Waals surface area contributed by atoms with Gasteiger partial charge in [-0.3, -0.25) is 4.98 Å². The van der Waals surface area contributed by atoms with Crippen LogP contribution in [0.5, 0.6) is 0 Å². The molecule has 0 bridgehead atoms. The lowest BCUT2D eigenvalue weighted by Gasteiger charge is -2.60. The largest absolute Gasteiger partial charge is 0.257 e. The van der Waals surface area contributed by atoms with Gasteiger partial charge in [-0.15, -0.1) is 0 Å². The van der Waals surface area contributed by atoms with Crippen molar-refractivity contribution in [3.05, 3.63) is 72.6 Å². The molecule has 1 atom stereocenters. The summed E-state index contributed by atoms with van der Waals surface area (Å²) < 4.78 is 0. The van der Waals surface area contributed by atoms with Gasteiger partial charge in [-0.1, -0.05) is 98.4 Å². The SMILES string of the molecule is C=C(c1ccccn1)C(C)(C)C(C)(c1ccccc1)C(C)(C)C(C)(C)C. The van der Waals surface area contributed by atoms with Crippen LogP contribution in [-0.4, -0.2) is 4.98 Å². The molecule has 1 aromatic heterocycles. The van der Waals surface area contributed by atoms with Gasteiger partial charge in [0.05, 0.1) is 5.69 Å². The summed E-state index contributed by atoms with van der Waals surface area (Å²) in [6.45, 7) is 23.4. The van der Waals surface area contributed by atoms with E-state index in [2.05, 4.69) is 103 Å². The third-order valence-corrected chi connectivity index (χ3v) is 7.45. The van der Waals surface area contributed by atoms with Gasteiger partial charge in [0.25, 0.3) is 0 Å². The highest BCUT2D eigenvalue weighted by Crippen LogP contribution is 2.63. The summed E-state index contributed by atoms with van der Waals surface area (Å²) in [5.41, 5.74) is 3.18. The Hall–Kier alpha value is -1.89. The molecule has 140 valence electrons. The quantitative estimate of drug-likeness (QED) is 0.558. The summed E-state index contributed by atoms with van der Waals surface area (Å²) >= 11 is 0. The Bertz CT molecular complexity index is 748. The number of hydrogen-bond acceptors (Lipinski definition) is 1. The van der Waals surface area contributed by atoms with E-state index < -0.39 is 0 Å². The molecular weight excluding hydrogens is 314 g/mol. The molecule has 0 fully saturated rings. The second kappa shape index (κ2) is 6.68. The number of hydrogen-bond donors (Lipinski definition) is 0. The summed E-state index contributed by atoms with van der Waals surface area (Å²) in [5.74, 6) is 0. The minimum absolute atomic E-state index is 0.00255. The molecule has 0 spiro atoms. The number of pyridine rings is 1. The van der Waals surface area contributed by atoms with Crippen molar-refractivity contribution in [1.29, 1.82) is 0 Å². The first kappa shape index (κ1) is 20.4. The van der Waals surface area contributed by atoms with Gasteiger partial charge in [0.1, 0.15) is 0 Å². The Morgan fingerprint density at radius 2 is 1.31 bits per heavy atom. The molecule has 26 heavy (non-hydrogen) atoms. The Labute approximate surface area is 160 Å². The fraction of sp³-hybridized carbons (Fsp3) is 0.480. The van der Waals surface area contributed by atoms with Crippen molar-refractivity contribution in [3.8, 4) is 0 Å². The first-order chi connectivity index (χ1) is 11.9. The van der Waals surface area contributed by atoms with Gasteiger partial charge in [0, 0.05) is 17.0 Å². The number of nitrogens with zero attached hydrogens (tertiary/aromatic N) is 1. The van der Waals surface area contributed by atoms with Crippen LogP contribution in [0, 0.1) is 16.2 Å². The number of benzene rings is 1. The van der Waals surface area contributed by atoms with E-state index in [1.807, 2.05) is 18.3 Å². The maximum absolute atomic E-state index is 4.60. The molecule has 0 amide bonds. The maximum Gasteiger partial charge on any atom is 0.0661 e. The smallest absolute Gasteiger partial charge is 0.0661 e. The second-order valence-electron chi connectivity index (χ2n) is 9.68. The topological polar surface area (TPSA) is 12.9 Å². The summed E-state index contributed by atoms with van der Waals surface area (Å²) in [4.78, 5) is 4.60. The van der Waals surface area contributed by atoms with E-state index in [1.165, 1.54) is 5.56 Å². The first-order valence-electron chi connectivity index (χ1n) is 9.53. The van der Waals surface area contributed by atoms with Crippen molar-refractivity contribution in [2.75, 3.05) is 0 Å². The molecule has 1 heterocycles. The Kier molecular flexibility index (Phi) is 5.25. The molecule has 2 rings (SSSR count). The molecule has 1 nitrogen and oxygen atoms in total. The Morgan fingerprint density at radius 3 is 1.77 bits per heavy atom. The molecule has 0 N–H and O–H groups in total. The van der Waals surface area contributed by atoms with Gasteiger partial charge in [0.2, 0.25) is 0 Å². The van der Waals surface area contributed by atoms with E-state index in [4.69, 9.17) is 0 Å². The molecule has 0 saturated heterocycles. The van der Waals surface area contributed by atoms with E-state index in [0.29, 0.717) is 0 Å². The lowest BCUT2D eigenvalue weighted by molar-refractivity contribution is -0.0159. The zero-order valence-corrected chi connectivity index (χ0v) is 17.9. The normalized spacial score (nSPS) is 15.4. The first-order valence-corrected chi connectivity index (χ1v) is 9.53. The van der Waals surface area contributed by atoms with Crippen LogP contribution in [0.2, 0.25) is 0 Å². The van der Waals surface area contributed by atoms with Gasteiger partial charge >= 0.3 is 0 Å². The number of allylic oxidation sites excluding steroid dienone is 1. The fourth-order valence-electron chi connectivity index (χ4n) is 4.19. The summed E-state index contributed by atoms with van der Waals surface area (Å²) in [5, 5.41) is 0. The van der Waals surface area contributed by atoms with Crippen molar-refractivity contribution in [2.24, 2.45) is 16.2 Å². The highest BCUT2D eigenvalue weighted by Gasteiger charge is 2.57. The van der Waals surface area contributed by atoms with Crippen LogP contribution in [0.15, 0.2) is 61.3 Å². The molecule has 0 aliphatic carbocycles. The predicted molar refractivity (Wildman–Crippen MR) is 114 cm³/mol. The number of rotatable bonds is 5. The molecule has 0 radical (unpaired) electrons. The van der Waals surface area contributed by atoms with E-state index in [0.717, 1.165) is 11.3 Å². The van der Waals surface area contributed by atoms with Crippen LogP contribution in [0.25, 0.3) is 5.57 Å². The summed E-state index contributed by atoms with van der Waals surface area (Å²) in [7, 11) is 0. The lowest BCUT2D eigenvalue weighted by atomic mass is 9.43. The zero-order chi connectivity index (χ0) is 19.8. The third kappa shape index (κ3) is 3.02. The molecule has 1 aromatic carbocycles. The monoisotopic (exact) mass is 349 g/mol. The highest BCUT2D eigenvalue weighted by atomic mass is 14.7. The van der Waals surface area contributed by atoms with E-state index in [1.54, 1.807) is 0 Å². The van der Waals surface area contributed by atoms with Gasteiger partial charge in [0.15, 0.2) is 0 Å². The molecule has 0 aliphatic heterocycles. The molecule has 2 aromatic rings. The van der Waals surface area contributed by atoms with Crippen LogP contribution in [-0.2, 0) is 5.41 Å². The van der Waals surface area contributed by atoms with Crippen LogP contribution in [0.3, 0.4) is 0 Å². The predicted octanol–water partition coefficient (Wildman–Crippen LogP) is 7.15. The zero-order valence-electron chi connectivity index (χ0n) is 17.9. The van der Waals surface area contributed by atoms with Crippen molar-refractivity contribution in [1.82, 2.24) is 4.98 Å². The van der Waals surface area contributed by atoms with Crippen LogP contribution in [0.1, 0.15) is 66.6 Å².